The van der Waals surface area contributed by atoms with Crippen molar-refractivity contribution in [3.8, 4) is 0 Å². The molecule has 2 heterocycles. The predicted octanol–water partition coefficient (Wildman–Crippen LogP) is 1.95. The highest BCUT2D eigenvalue weighted by molar-refractivity contribution is 5.57. The van der Waals surface area contributed by atoms with Crippen LogP contribution in [0.5, 0.6) is 0 Å². The lowest BCUT2D eigenvalue weighted by Gasteiger charge is -2.49. The van der Waals surface area contributed by atoms with Gasteiger partial charge < -0.3 is 15.4 Å². The Labute approximate surface area is 109 Å². The zero-order valence-electron chi connectivity index (χ0n) is 10.9. The van der Waals surface area contributed by atoms with E-state index in [4.69, 9.17) is 10.5 Å². The number of rotatable bonds is 2. The molecule has 1 fully saturated rings. The lowest BCUT2D eigenvalue weighted by atomic mass is 9.85. The number of benzene rings is 1. The van der Waals surface area contributed by atoms with Crippen LogP contribution in [0.1, 0.15) is 24.8 Å². The summed E-state index contributed by atoms with van der Waals surface area (Å²) in [6, 6.07) is 8.79. The molecule has 1 aromatic carbocycles. The van der Waals surface area contributed by atoms with Gasteiger partial charge in [0, 0.05) is 32.0 Å². The molecule has 1 saturated heterocycles. The number of hydrogen-bond acceptors (Lipinski definition) is 3. The zero-order valence-corrected chi connectivity index (χ0v) is 10.9. The predicted molar refractivity (Wildman–Crippen MR) is 73.9 cm³/mol. The van der Waals surface area contributed by atoms with Crippen molar-refractivity contribution < 1.29 is 4.74 Å². The average Bonchev–Trinajstić information content (AvgIpc) is 2.47. The van der Waals surface area contributed by atoms with Crippen molar-refractivity contribution in [2.45, 2.75) is 31.2 Å². The Kier molecular flexibility index (Phi) is 3.27. The van der Waals surface area contributed by atoms with Gasteiger partial charge in [-0.05, 0) is 37.3 Å². The smallest absolute Gasteiger partial charge is 0.0568 e. The molecule has 3 nitrogen and oxygen atoms in total. The Balaban J connectivity index is 1.96. The van der Waals surface area contributed by atoms with Crippen LogP contribution in [0.2, 0.25) is 0 Å². The van der Waals surface area contributed by atoms with E-state index in [1.807, 2.05) is 0 Å². The molecule has 2 aliphatic rings. The second kappa shape index (κ2) is 4.90. The van der Waals surface area contributed by atoms with Gasteiger partial charge in [0.1, 0.15) is 0 Å². The summed E-state index contributed by atoms with van der Waals surface area (Å²) in [5, 5.41) is 0. The van der Waals surface area contributed by atoms with Gasteiger partial charge in [0.05, 0.1) is 5.54 Å². The van der Waals surface area contributed by atoms with Crippen molar-refractivity contribution in [1.82, 2.24) is 0 Å². The number of nitrogens with two attached hydrogens (primary N) is 1. The monoisotopic (exact) mass is 246 g/mol. The maximum Gasteiger partial charge on any atom is 0.0568 e. The van der Waals surface area contributed by atoms with E-state index in [0.29, 0.717) is 0 Å². The lowest BCUT2D eigenvalue weighted by molar-refractivity contribution is 0.0520. The second-order valence-corrected chi connectivity index (χ2v) is 5.42. The Morgan fingerprint density at radius 3 is 2.78 bits per heavy atom. The highest BCUT2D eigenvalue weighted by Gasteiger charge is 2.38. The molecule has 98 valence electrons. The fraction of sp³-hybridized carbons (Fsp3) is 0.600. The first-order chi connectivity index (χ1) is 8.86. The molecule has 0 saturated carbocycles. The first kappa shape index (κ1) is 12.0. The van der Waals surface area contributed by atoms with Crippen LogP contribution in [0.15, 0.2) is 24.3 Å². The highest BCUT2D eigenvalue weighted by atomic mass is 16.5. The van der Waals surface area contributed by atoms with Crippen LogP contribution in [0.3, 0.4) is 0 Å². The van der Waals surface area contributed by atoms with Gasteiger partial charge in [-0.2, -0.15) is 0 Å². The number of anilines is 1. The molecule has 0 aromatic heterocycles. The molecule has 1 aromatic rings. The third-order valence-corrected chi connectivity index (χ3v) is 4.49. The van der Waals surface area contributed by atoms with Gasteiger partial charge in [0.25, 0.3) is 0 Å². The molecule has 0 atom stereocenters. The minimum absolute atomic E-state index is 0.120. The first-order valence-electron chi connectivity index (χ1n) is 6.99. The van der Waals surface area contributed by atoms with Crippen molar-refractivity contribution in [1.29, 1.82) is 0 Å². The standard InChI is InChI=1S/C15H22N2O/c16-12-15(7-10-18-11-8-15)17-9-3-5-13-4-1-2-6-14(13)17/h1-2,4,6H,3,5,7-12,16H2. The summed E-state index contributed by atoms with van der Waals surface area (Å²) >= 11 is 0. The van der Waals surface area contributed by atoms with E-state index in [0.717, 1.165) is 39.1 Å². The topological polar surface area (TPSA) is 38.5 Å². The summed E-state index contributed by atoms with van der Waals surface area (Å²) < 4.78 is 5.52. The molecule has 0 aliphatic carbocycles. The number of aryl methyl sites for hydroxylation is 1. The largest absolute Gasteiger partial charge is 0.381 e. The Bertz CT molecular complexity index is 413. The molecular formula is C15H22N2O. The van der Waals surface area contributed by atoms with Gasteiger partial charge in [-0.25, -0.2) is 0 Å². The van der Waals surface area contributed by atoms with Crippen LogP contribution in [-0.2, 0) is 11.2 Å². The molecule has 3 heteroatoms. The van der Waals surface area contributed by atoms with Crippen molar-refractivity contribution in [3.05, 3.63) is 29.8 Å². The third-order valence-electron chi connectivity index (χ3n) is 4.49. The van der Waals surface area contributed by atoms with Crippen molar-refractivity contribution in [2.24, 2.45) is 5.73 Å². The van der Waals surface area contributed by atoms with Gasteiger partial charge in [-0.3, -0.25) is 0 Å². The number of fused-ring (bicyclic) bond motifs is 1. The molecule has 2 aliphatic heterocycles. The molecule has 2 N–H and O–H groups in total. The van der Waals surface area contributed by atoms with Crippen molar-refractivity contribution in [2.75, 3.05) is 31.2 Å². The van der Waals surface area contributed by atoms with Crippen LogP contribution >= 0.6 is 0 Å². The molecule has 0 bridgehead atoms. The molecule has 18 heavy (non-hydrogen) atoms. The molecule has 0 unspecified atom stereocenters. The quantitative estimate of drug-likeness (QED) is 0.867. The Hall–Kier alpha value is -1.06. The van der Waals surface area contributed by atoms with E-state index in [1.165, 1.54) is 24.1 Å². The summed E-state index contributed by atoms with van der Waals surface area (Å²) in [5.74, 6) is 0. The molecule has 0 amide bonds. The summed E-state index contributed by atoms with van der Waals surface area (Å²) in [6.45, 7) is 3.55. The third kappa shape index (κ3) is 1.91. The SMILES string of the molecule is NCC1(N2CCCc3ccccc32)CCOCC1. The lowest BCUT2D eigenvalue weighted by Crippen LogP contribution is -2.58. The van der Waals surface area contributed by atoms with Crippen LogP contribution in [0.4, 0.5) is 5.69 Å². The summed E-state index contributed by atoms with van der Waals surface area (Å²) in [5.41, 5.74) is 9.12. The molecule has 0 radical (unpaired) electrons. The van der Waals surface area contributed by atoms with E-state index < -0.39 is 0 Å². The van der Waals surface area contributed by atoms with Crippen molar-refractivity contribution >= 4 is 5.69 Å². The van der Waals surface area contributed by atoms with Crippen LogP contribution < -0.4 is 10.6 Å². The van der Waals surface area contributed by atoms with Gasteiger partial charge >= 0.3 is 0 Å². The van der Waals surface area contributed by atoms with Crippen molar-refractivity contribution in [3.63, 3.8) is 0 Å². The van der Waals surface area contributed by atoms with E-state index >= 15 is 0 Å². The van der Waals surface area contributed by atoms with Gasteiger partial charge in [-0.15, -0.1) is 0 Å². The maximum atomic E-state index is 6.13. The molecule has 3 rings (SSSR count). The van der Waals surface area contributed by atoms with Crippen LogP contribution in [0.25, 0.3) is 0 Å². The highest BCUT2D eigenvalue weighted by Crippen LogP contribution is 2.36. The summed E-state index contributed by atoms with van der Waals surface area (Å²) in [7, 11) is 0. The van der Waals surface area contributed by atoms with E-state index in [2.05, 4.69) is 29.2 Å². The zero-order chi connectivity index (χ0) is 12.4. The normalized spacial score (nSPS) is 22.6. The number of para-hydroxylation sites is 1. The average molecular weight is 246 g/mol. The van der Waals surface area contributed by atoms with E-state index in [-0.39, 0.29) is 5.54 Å². The fourth-order valence-electron chi connectivity index (χ4n) is 3.36. The summed E-state index contributed by atoms with van der Waals surface area (Å²) in [6.07, 6.45) is 4.54. The van der Waals surface area contributed by atoms with Gasteiger partial charge in [0.2, 0.25) is 0 Å². The number of nitrogens with zero attached hydrogens (tertiary/aromatic N) is 1. The Morgan fingerprint density at radius 1 is 1.22 bits per heavy atom. The van der Waals surface area contributed by atoms with Gasteiger partial charge in [0.15, 0.2) is 0 Å². The minimum Gasteiger partial charge on any atom is -0.381 e. The van der Waals surface area contributed by atoms with E-state index in [9.17, 15) is 0 Å². The molecule has 0 spiro atoms. The van der Waals surface area contributed by atoms with Crippen LogP contribution in [0, 0.1) is 0 Å². The van der Waals surface area contributed by atoms with Gasteiger partial charge in [-0.1, -0.05) is 18.2 Å². The van der Waals surface area contributed by atoms with Crippen LogP contribution in [-0.4, -0.2) is 31.8 Å². The summed E-state index contributed by atoms with van der Waals surface area (Å²) in [4.78, 5) is 2.56. The fourth-order valence-corrected chi connectivity index (χ4v) is 3.36. The number of hydrogen-bond donors (Lipinski definition) is 1. The second-order valence-electron chi connectivity index (χ2n) is 5.42. The first-order valence-corrected chi connectivity index (χ1v) is 6.99. The Morgan fingerprint density at radius 2 is 2.00 bits per heavy atom. The van der Waals surface area contributed by atoms with E-state index in [1.54, 1.807) is 0 Å². The minimum atomic E-state index is 0.120. The maximum absolute atomic E-state index is 6.13. The number of ether oxygens (including phenoxy) is 1. The molecular weight excluding hydrogens is 224 g/mol.